The lowest BCUT2D eigenvalue weighted by molar-refractivity contribution is -0.130. The SMILES string of the molecule is CC(=O)Nc1ccc(C(=O)N2CCC[C@H](CCC(=O)N3CCCC3)C2)cc1. The number of hydrogen-bond acceptors (Lipinski definition) is 3. The molecule has 146 valence electrons. The molecule has 2 saturated heterocycles. The minimum atomic E-state index is -0.128. The van der Waals surface area contributed by atoms with E-state index in [1.165, 1.54) is 6.92 Å². The first-order chi connectivity index (χ1) is 13.0. The van der Waals surface area contributed by atoms with Gasteiger partial charge in [-0.15, -0.1) is 0 Å². The average molecular weight is 371 g/mol. The van der Waals surface area contributed by atoms with Crippen LogP contribution >= 0.6 is 0 Å². The molecule has 0 radical (unpaired) electrons. The van der Waals surface area contributed by atoms with Gasteiger partial charge < -0.3 is 15.1 Å². The van der Waals surface area contributed by atoms with Crippen LogP contribution in [0.25, 0.3) is 0 Å². The molecule has 0 bridgehead atoms. The normalized spacial score (nSPS) is 19.8. The zero-order valence-corrected chi connectivity index (χ0v) is 16.1. The van der Waals surface area contributed by atoms with Crippen molar-refractivity contribution in [2.45, 2.75) is 45.4 Å². The van der Waals surface area contributed by atoms with Gasteiger partial charge in [0.25, 0.3) is 5.91 Å². The molecule has 6 nitrogen and oxygen atoms in total. The highest BCUT2D eigenvalue weighted by Gasteiger charge is 2.26. The van der Waals surface area contributed by atoms with Gasteiger partial charge in [-0.1, -0.05) is 0 Å². The maximum absolute atomic E-state index is 12.8. The number of amides is 3. The van der Waals surface area contributed by atoms with Crippen molar-refractivity contribution in [1.82, 2.24) is 9.80 Å². The van der Waals surface area contributed by atoms with Gasteiger partial charge in [0.1, 0.15) is 0 Å². The van der Waals surface area contributed by atoms with Gasteiger partial charge in [0.2, 0.25) is 11.8 Å². The van der Waals surface area contributed by atoms with E-state index in [1.54, 1.807) is 24.3 Å². The summed E-state index contributed by atoms with van der Waals surface area (Å²) in [4.78, 5) is 40.0. The summed E-state index contributed by atoms with van der Waals surface area (Å²) in [5.41, 5.74) is 1.33. The molecule has 3 rings (SSSR count). The fraction of sp³-hybridized carbons (Fsp3) is 0.571. The number of nitrogens with zero attached hydrogens (tertiary/aromatic N) is 2. The van der Waals surface area contributed by atoms with E-state index in [0.717, 1.165) is 58.3 Å². The fourth-order valence-corrected chi connectivity index (χ4v) is 4.02. The van der Waals surface area contributed by atoms with Gasteiger partial charge in [0, 0.05) is 50.8 Å². The molecule has 0 spiro atoms. The molecule has 0 aliphatic carbocycles. The molecule has 1 aromatic carbocycles. The molecule has 2 aliphatic rings. The molecule has 0 saturated carbocycles. The van der Waals surface area contributed by atoms with Crippen molar-refractivity contribution in [2.24, 2.45) is 5.92 Å². The van der Waals surface area contributed by atoms with Crippen molar-refractivity contribution in [2.75, 3.05) is 31.5 Å². The highest BCUT2D eigenvalue weighted by Crippen LogP contribution is 2.24. The van der Waals surface area contributed by atoms with E-state index in [-0.39, 0.29) is 17.7 Å². The number of benzene rings is 1. The van der Waals surface area contributed by atoms with E-state index in [2.05, 4.69) is 5.32 Å². The fourth-order valence-electron chi connectivity index (χ4n) is 4.02. The van der Waals surface area contributed by atoms with E-state index in [1.807, 2.05) is 9.80 Å². The lowest BCUT2D eigenvalue weighted by Crippen LogP contribution is -2.40. The van der Waals surface area contributed by atoms with E-state index in [4.69, 9.17) is 0 Å². The standard InChI is InChI=1S/C21H29N3O3/c1-16(25)22-19-9-7-18(8-10-19)21(27)24-14-4-5-17(15-24)6-11-20(26)23-12-2-3-13-23/h7-10,17H,2-6,11-15H2,1H3,(H,22,25)/t17-/m1/s1. The Labute approximate surface area is 160 Å². The Hall–Kier alpha value is -2.37. The summed E-state index contributed by atoms with van der Waals surface area (Å²) in [5.74, 6) is 0.564. The number of likely N-dealkylation sites (tertiary alicyclic amines) is 2. The van der Waals surface area contributed by atoms with Crippen LogP contribution in [0.2, 0.25) is 0 Å². The van der Waals surface area contributed by atoms with Crippen LogP contribution in [0.15, 0.2) is 24.3 Å². The highest BCUT2D eigenvalue weighted by molar-refractivity contribution is 5.95. The average Bonchev–Trinajstić information content (AvgIpc) is 3.21. The Morgan fingerprint density at radius 1 is 1.00 bits per heavy atom. The third-order valence-corrected chi connectivity index (χ3v) is 5.48. The Kier molecular flexibility index (Phi) is 6.48. The maximum atomic E-state index is 12.8. The highest BCUT2D eigenvalue weighted by atomic mass is 16.2. The van der Waals surface area contributed by atoms with Crippen molar-refractivity contribution in [3.63, 3.8) is 0 Å². The molecule has 0 unspecified atom stereocenters. The molecule has 27 heavy (non-hydrogen) atoms. The number of anilines is 1. The zero-order valence-electron chi connectivity index (χ0n) is 16.1. The molecular weight excluding hydrogens is 342 g/mol. The molecular formula is C21H29N3O3. The minimum Gasteiger partial charge on any atom is -0.343 e. The summed E-state index contributed by atoms with van der Waals surface area (Å²) in [6.07, 6.45) is 5.77. The quantitative estimate of drug-likeness (QED) is 0.865. The third-order valence-electron chi connectivity index (χ3n) is 5.48. The van der Waals surface area contributed by atoms with Gasteiger partial charge in [-0.05, 0) is 62.3 Å². The van der Waals surface area contributed by atoms with Crippen LogP contribution in [0.4, 0.5) is 5.69 Å². The van der Waals surface area contributed by atoms with Crippen LogP contribution in [0.1, 0.15) is 55.8 Å². The van der Waals surface area contributed by atoms with Gasteiger partial charge in [-0.25, -0.2) is 0 Å². The Balaban J connectivity index is 1.51. The van der Waals surface area contributed by atoms with Gasteiger partial charge in [0.05, 0.1) is 0 Å². The molecule has 2 heterocycles. The van der Waals surface area contributed by atoms with E-state index in [0.29, 0.717) is 23.6 Å². The van der Waals surface area contributed by atoms with Gasteiger partial charge in [-0.3, -0.25) is 14.4 Å². The summed E-state index contributed by atoms with van der Waals surface area (Å²) >= 11 is 0. The van der Waals surface area contributed by atoms with Crippen LogP contribution in [0.3, 0.4) is 0 Å². The molecule has 6 heteroatoms. The van der Waals surface area contributed by atoms with Gasteiger partial charge in [-0.2, -0.15) is 0 Å². The Bertz CT molecular complexity index is 680. The zero-order chi connectivity index (χ0) is 19.2. The molecule has 1 aromatic rings. The summed E-state index contributed by atoms with van der Waals surface area (Å²) in [6, 6.07) is 7.03. The molecule has 2 fully saturated rings. The van der Waals surface area contributed by atoms with E-state index < -0.39 is 0 Å². The summed E-state index contributed by atoms with van der Waals surface area (Å²) in [5, 5.41) is 2.71. The number of piperidine rings is 1. The van der Waals surface area contributed by atoms with Crippen LogP contribution in [0, 0.1) is 5.92 Å². The summed E-state index contributed by atoms with van der Waals surface area (Å²) in [7, 11) is 0. The topological polar surface area (TPSA) is 69.7 Å². The lowest BCUT2D eigenvalue weighted by Gasteiger charge is -2.33. The summed E-state index contributed by atoms with van der Waals surface area (Å²) < 4.78 is 0. The molecule has 1 N–H and O–H groups in total. The molecule has 1 atom stereocenters. The van der Waals surface area contributed by atoms with Gasteiger partial charge >= 0.3 is 0 Å². The third kappa shape index (κ3) is 5.31. The first kappa shape index (κ1) is 19.4. The van der Waals surface area contributed by atoms with Crippen molar-refractivity contribution in [3.8, 4) is 0 Å². The molecule has 0 aromatic heterocycles. The lowest BCUT2D eigenvalue weighted by atomic mass is 9.92. The first-order valence-corrected chi connectivity index (χ1v) is 9.97. The number of rotatable bonds is 5. The number of carbonyl (C=O) groups is 3. The van der Waals surface area contributed by atoms with Crippen molar-refractivity contribution >= 4 is 23.4 Å². The van der Waals surface area contributed by atoms with Crippen molar-refractivity contribution < 1.29 is 14.4 Å². The van der Waals surface area contributed by atoms with Crippen LogP contribution in [0.5, 0.6) is 0 Å². The smallest absolute Gasteiger partial charge is 0.253 e. The second-order valence-electron chi connectivity index (χ2n) is 7.64. The number of nitrogens with one attached hydrogen (secondary N) is 1. The Morgan fingerprint density at radius 3 is 2.33 bits per heavy atom. The van der Waals surface area contributed by atoms with Crippen LogP contribution in [-0.4, -0.2) is 53.7 Å². The predicted molar refractivity (Wildman–Crippen MR) is 104 cm³/mol. The second kappa shape index (κ2) is 9.02. The largest absolute Gasteiger partial charge is 0.343 e. The molecule has 2 aliphatic heterocycles. The number of hydrogen-bond donors (Lipinski definition) is 1. The van der Waals surface area contributed by atoms with Crippen LogP contribution < -0.4 is 5.32 Å². The maximum Gasteiger partial charge on any atom is 0.253 e. The summed E-state index contributed by atoms with van der Waals surface area (Å²) in [6.45, 7) is 4.76. The predicted octanol–water partition coefficient (Wildman–Crippen LogP) is 2.90. The van der Waals surface area contributed by atoms with Crippen molar-refractivity contribution in [1.29, 1.82) is 0 Å². The molecule has 3 amide bonds. The van der Waals surface area contributed by atoms with Crippen LogP contribution in [-0.2, 0) is 9.59 Å². The second-order valence-corrected chi connectivity index (χ2v) is 7.64. The van der Waals surface area contributed by atoms with E-state index >= 15 is 0 Å². The monoisotopic (exact) mass is 371 g/mol. The van der Waals surface area contributed by atoms with Crippen molar-refractivity contribution in [3.05, 3.63) is 29.8 Å². The van der Waals surface area contributed by atoms with E-state index in [9.17, 15) is 14.4 Å². The minimum absolute atomic E-state index is 0.0277. The van der Waals surface area contributed by atoms with Gasteiger partial charge in [0.15, 0.2) is 0 Å². The first-order valence-electron chi connectivity index (χ1n) is 9.97. The Morgan fingerprint density at radius 2 is 1.67 bits per heavy atom. The number of carbonyl (C=O) groups excluding carboxylic acids is 3.